The molecule has 2 amide bonds. The summed E-state index contributed by atoms with van der Waals surface area (Å²) in [4.78, 5) is 24.0. The first kappa shape index (κ1) is 19.1. The minimum absolute atomic E-state index is 0.139. The Kier molecular flexibility index (Phi) is 5.42. The SMILES string of the molecule is NC(=O)c1ccccc1NC(=O)c1ccc(NS(=O)(=O)c2ccccc2)cc1. The van der Waals surface area contributed by atoms with Crippen molar-refractivity contribution in [2.24, 2.45) is 5.73 Å². The highest BCUT2D eigenvalue weighted by molar-refractivity contribution is 7.92. The van der Waals surface area contributed by atoms with Gasteiger partial charge in [0.2, 0.25) is 0 Å². The molecule has 0 fully saturated rings. The van der Waals surface area contributed by atoms with Gasteiger partial charge in [-0.3, -0.25) is 14.3 Å². The zero-order valence-corrected chi connectivity index (χ0v) is 15.4. The van der Waals surface area contributed by atoms with Crippen molar-refractivity contribution in [1.82, 2.24) is 0 Å². The number of carbonyl (C=O) groups excluding carboxylic acids is 2. The van der Waals surface area contributed by atoms with Gasteiger partial charge in [0, 0.05) is 11.3 Å². The zero-order chi connectivity index (χ0) is 20.1. The van der Waals surface area contributed by atoms with Crippen molar-refractivity contribution in [2.75, 3.05) is 10.0 Å². The molecule has 0 unspecified atom stereocenters. The Labute approximate surface area is 162 Å². The number of primary amides is 1. The summed E-state index contributed by atoms with van der Waals surface area (Å²) in [5.74, 6) is -1.10. The Morgan fingerprint density at radius 2 is 1.39 bits per heavy atom. The van der Waals surface area contributed by atoms with Crippen LogP contribution in [0.15, 0.2) is 83.8 Å². The van der Waals surface area contributed by atoms with Gasteiger partial charge in [0.05, 0.1) is 16.1 Å². The fourth-order valence-electron chi connectivity index (χ4n) is 2.50. The molecule has 0 aliphatic carbocycles. The van der Waals surface area contributed by atoms with Gasteiger partial charge >= 0.3 is 0 Å². The maximum atomic E-state index is 12.4. The maximum absolute atomic E-state index is 12.4. The van der Waals surface area contributed by atoms with Crippen LogP contribution in [-0.2, 0) is 10.0 Å². The van der Waals surface area contributed by atoms with Crippen LogP contribution in [0.1, 0.15) is 20.7 Å². The topological polar surface area (TPSA) is 118 Å². The Balaban J connectivity index is 1.74. The van der Waals surface area contributed by atoms with Gasteiger partial charge in [-0.15, -0.1) is 0 Å². The van der Waals surface area contributed by atoms with Crippen LogP contribution in [0.5, 0.6) is 0 Å². The largest absolute Gasteiger partial charge is 0.366 e. The molecule has 3 rings (SSSR count). The molecule has 3 aromatic rings. The van der Waals surface area contributed by atoms with Crippen molar-refractivity contribution in [3.8, 4) is 0 Å². The molecule has 0 bridgehead atoms. The number of hydrogen-bond donors (Lipinski definition) is 3. The molecular formula is C20H17N3O4S. The van der Waals surface area contributed by atoms with Crippen LogP contribution >= 0.6 is 0 Å². The van der Waals surface area contributed by atoms with E-state index in [-0.39, 0.29) is 10.5 Å². The highest BCUT2D eigenvalue weighted by Crippen LogP contribution is 2.19. The van der Waals surface area contributed by atoms with E-state index < -0.39 is 21.8 Å². The molecule has 0 aliphatic rings. The van der Waals surface area contributed by atoms with E-state index in [2.05, 4.69) is 10.0 Å². The predicted molar refractivity (Wildman–Crippen MR) is 107 cm³/mol. The molecule has 0 spiro atoms. The number of carbonyl (C=O) groups is 2. The monoisotopic (exact) mass is 395 g/mol. The molecule has 4 N–H and O–H groups in total. The number of amides is 2. The average molecular weight is 395 g/mol. The molecule has 28 heavy (non-hydrogen) atoms. The number of nitrogens with two attached hydrogens (primary N) is 1. The van der Waals surface area contributed by atoms with E-state index in [9.17, 15) is 18.0 Å². The summed E-state index contributed by atoms with van der Waals surface area (Å²) in [6.45, 7) is 0. The molecule has 0 aliphatic heterocycles. The quantitative estimate of drug-likeness (QED) is 0.595. The van der Waals surface area contributed by atoms with Gasteiger partial charge in [-0.2, -0.15) is 0 Å². The third-order valence-corrected chi connectivity index (χ3v) is 5.29. The molecule has 3 aromatic carbocycles. The fourth-order valence-corrected chi connectivity index (χ4v) is 3.58. The van der Waals surface area contributed by atoms with Crippen molar-refractivity contribution in [3.05, 3.63) is 90.0 Å². The summed E-state index contributed by atoms with van der Waals surface area (Å²) in [5, 5.41) is 2.62. The van der Waals surface area contributed by atoms with Gasteiger partial charge < -0.3 is 11.1 Å². The molecule has 0 saturated heterocycles. The molecule has 0 atom stereocenters. The lowest BCUT2D eigenvalue weighted by Gasteiger charge is -2.10. The highest BCUT2D eigenvalue weighted by atomic mass is 32.2. The van der Waals surface area contributed by atoms with Crippen LogP contribution in [0.3, 0.4) is 0 Å². The van der Waals surface area contributed by atoms with Gasteiger partial charge in [0.15, 0.2) is 0 Å². The minimum Gasteiger partial charge on any atom is -0.366 e. The second kappa shape index (κ2) is 7.93. The van der Waals surface area contributed by atoms with E-state index >= 15 is 0 Å². The zero-order valence-electron chi connectivity index (χ0n) is 14.6. The van der Waals surface area contributed by atoms with Crippen LogP contribution in [-0.4, -0.2) is 20.2 Å². The summed E-state index contributed by atoms with van der Waals surface area (Å²) in [6, 6.07) is 20.3. The van der Waals surface area contributed by atoms with Crippen molar-refractivity contribution in [3.63, 3.8) is 0 Å². The van der Waals surface area contributed by atoms with Crippen molar-refractivity contribution in [2.45, 2.75) is 4.90 Å². The Hall–Kier alpha value is -3.65. The molecule has 8 heteroatoms. The Morgan fingerprint density at radius 1 is 0.786 bits per heavy atom. The van der Waals surface area contributed by atoms with Crippen LogP contribution < -0.4 is 15.8 Å². The van der Waals surface area contributed by atoms with E-state index in [0.29, 0.717) is 16.9 Å². The molecule has 0 heterocycles. The number of rotatable bonds is 6. The van der Waals surface area contributed by atoms with Crippen LogP contribution in [0, 0.1) is 0 Å². The number of anilines is 2. The normalized spacial score (nSPS) is 10.9. The third kappa shape index (κ3) is 4.36. The molecule has 142 valence electrons. The average Bonchev–Trinajstić information content (AvgIpc) is 2.69. The molecule has 7 nitrogen and oxygen atoms in total. The Bertz CT molecular complexity index is 1110. The van der Waals surface area contributed by atoms with Crippen molar-refractivity contribution < 1.29 is 18.0 Å². The number of para-hydroxylation sites is 1. The lowest BCUT2D eigenvalue weighted by Crippen LogP contribution is -2.18. The molecule has 0 radical (unpaired) electrons. The number of hydrogen-bond acceptors (Lipinski definition) is 4. The molecule has 0 saturated carbocycles. The van der Waals surface area contributed by atoms with E-state index in [1.807, 2.05) is 0 Å². The Morgan fingerprint density at radius 3 is 2.04 bits per heavy atom. The molecular weight excluding hydrogens is 378 g/mol. The van der Waals surface area contributed by atoms with Gasteiger partial charge in [-0.25, -0.2) is 8.42 Å². The number of nitrogens with one attached hydrogen (secondary N) is 2. The number of benzene rings is 3. The summed E-state index contributed by atoms with van der Waals surface area (Å²) in [5.41, 5.74) is 6.41. The summed E-state index contributed by atoms with van der Waals surface area (Å²) < 4.78 is 27.1. The second-order valence-electron chi connectivity index (χ2n) is 5.86. The maximum Gasteiger partial charge on any atom is 0.261 e. The van der Waals surface area contributed by atoms with Crippen molar-refractivity contribution >= 4 is 33.2 Å². The van der Waals surface area contributed by atoms with E-state index in [1.165, 1.54) is 42.5 Å². The lowest BCUT2D eigenvalue weighted by atomic mass is 10.1. The predicted octanol–water partition coefficient (Wildman–Crippen LogP) is 2.84. The summed E-state index contributed by atoms with van der Waals surface area (Å²) >= 11 is 0. The van der Waals surface area contributed by atoms with Gasteiger partial charge in [-0.1, -0.05) is 30.3 Å². The van der Waals surface area contributed by atoms with Gasteiger partial charge in [0.1, 0.15) is 0 Å². The first-order chi connectivity index (χ1) is 13.4. The van der Waals surface area contributed by atoms with Crippen LogP contribution in [0.25, 0.3) is 0 Å². The third-order valence-electron chi connectivity index (χ3n) is 3.89. The smallest absolute Gasteiger partial charge is 0.261 e. The van der Waals surface area contributed by atoms with E-state index in [4.69, 9.17) is 5.73 Å². The first-order valence-electron chi connectivity index (χ1n) is 8.25. The van der Waals surface area contributed by atoms with E-state index in [1.54, 1.807) is 36.4 Å². The molecule has 0 aromatic heterocycles. The summed E-state index contributed by atoms with van der Waals surface area (Å²) in [6.07, 6.45) is 0. The minimum atomic E-state index is -3.71. The van der Waals surface area contributed by atoms with Crippen LogP contribution in [0.4, 0.5) is 11.4 Å². The van der Waals surface area contributed by atoms with Gasteiger partial charge in [0.25, 0.3) is 21.8 Å². The second-order valence-corrected chi connectivity index (χ2v) is 7.54. The fraction of sp³-hybridized carbons (Fsp3) is 0. The van der Waals surface area contributed by atoms with Crippen LogP contribution in [0.2, 0.25) is 0 Å². The lowest BCUT2D eigenvalue weighted by molar-refractivity contribution is 0.100. The highest BCUT2D eigenvalue weighted by Gasteiger charge is 2.15. The number of sulfonamides is 1. The first-order valence-corrected chi connectivity index (χ1v) is 9.73. The van der Waals surface area contributed by atoms with E-state index in [0.717, 1.165) is 0 Å². The van der Waals surface area contributed by atoms with Crippen molar-refractivity contribution in [1.29, 1.82) is 0 Å². The standard InChI is InChI=1S/C20H17N3O4S/c21-19(24)17-8-4-5-9-18(17)22-20(25)14-10-12-15(13-11-14)23-28(26,27)16-6-2-1-3-7-16/h1-13,23H,(H2,21,24)(H,22,25). The van der Waals surface area contributed by atoms with Gasteiger partial charge in [-0.05, 0) is 48.5 Å². The summed E-state index contributed by atoms with van der Waals surface area (Å²) in [7, 11) is -3.71.